The smallest absolute Gasteiger partial charge is 0.354 e. The molecule has 2 N–H and O–H groups in total. The SMILES string of the molecule is CC(Nc1ccc(C(=O)O)nc1)c1ccc(F)cc1. The first-order chi connectivity index (χ1) is 9.06. The second-order valence-electron chi connectivity index (χ2n) is 4.15. The van der Waals surface area contributed by atoms with Crippen molar-refractivity contribution in [1.82, 2.24) is 4.98 Å². The number of halogens is 1. The molecule has 4 nitrogen and oxygen atoms in total. The molecular weight excluding hydrogens is 247 g/mol. The van der Waals surface area contributed by atoms with Crippen LogP contribution in [0.2, 0.25) is 0 Å². The molecule has 1 heterocycles. The van der Waals surface area contributed by atoms with E-state index >= 15 is 0 Å². The Kier molecular flexibility index (Phi) is 3.75. The van der Waals surface area contributed by atoms with Crippen LogP contribution in [-0.2, 0) is 0 Å². The number of carboxylic acids is 1. The highest BCUT2D eigenvalue weighted by Crippen LogP contribution is 2.19. The molecule has 0 aliphatic heterocycles. The van der Waals surface area contributed by atoms with Gasteiger partial charge in [0, 0.05) is 6.04 Å². The molecule has 98 valence electrons. The van der Waals surface area contributed by atoms with Gasteiger partial charge in [-0.05, 0) is 36.8 Å². The monoisotopic (exact) mass is 260 g/mol. The van der Waals surface area contributed by atoms with E-state index in [9.17, 15) is 9.18 Å². The number of carbonyl (C=O) groups is 1. The minimum absolute atomic E-state index is 0.0000137. The van der Waals surface area contributed by atoms with Gasteiger partial charge in [-0.15, -0.1) is 0 Å². The first kappa shape index (κ1) is 13.0. The fraction of sp³-hybridized carbons (Fsp3) is 0.143. The highest BCUT2D eigenvalue weighted by Gasteiger charge is 2.07. The van der Waals surface area contributed by atoms with Crippen molar-refractivity contribution in [2.45, 2.75) is 13.0 Å². The zero-order chi connectivity index (χ0) is 13.8. The van der Waals surface area contributed by atoms with Crippen LogP contribution in [0.4, 0.5) is 10.1 Å². The van der Waals surface area contributed by atoms with E-state index in [4.69, 9.17) is 5.11 Å². The summed E-state index contributed by atoms with van der Waals surface area (Å²) in [7, 11) is 0. The average molecular weight is 260 g/mol. The molecule has 0 saturated carbocycles. The molecule has 1 unspecified atom stereocenters. The van der Waals surface area contributed by atoms with E-state index in [1.807, 2.05) is 6.92 Å². The highest BCUT2D eigenvalue weighted by molar-refractivity contribution is 5.85. The third kappa shape index (κ3) is 3.28. The maximum Gasteiger partial charge on any atom is 0.354 e. The number of anilines is 1. The summed E-state index contributed by atoms with van der Waals surface area (Å²) in [5.74, 6) is -1.33. The van der Waals surface area contributed by atoms with E-state index in [0.717, 1.165) is 5.56 Å². The number of nitrogens with zero attached hydrogens (tertiary/aromatic N) is 1. The van der Waals surface area contributed by atoms with Crippen molar-refractivity contribution < 1.29 is 14.3 Å². The van der Waals surface area contributed by atoms with Crippen molar-refractivity contribution in [2.24, 2.45) is 0 Å². The number of aromatic nitrogens is 1. The second kappa shape index (κ2) is 5.48. The molecule has 0 amide bonds. The van der Waals surface area contributed by atoms with Crippen molar-refractivity contribution in [1.29, 1.82) is 0 Å². The highest BCUT2D eigenvalue weighted by atomic mass is 19.1. The largest absolute Gasteiger partial charge is 0.477 e. The molecule has 0 saturated heterocycles. The van der Waals surface area contributed by atoms with Gasteiger partial charge in [0.2, 0.25) is 0 Å². The molecule has 0 bridgehead atoms. The predicted molar refractivity (Wildman–Crippen MR) is 69.6 cm³/mol. The molecule has 2 rings (SSSR count). The standard InChI is InChI=1S/C14H13FN2O2/c1-9(10-2-4-11(15)5-3-10)17-12-6-7-13(14(18)19)16-8-12/h2-9,17H,1H3,(H,18,19). The van der Waals surface area contributed by atoms with Gasteiger partial charge in [0.25, 0.3) is 0 Å². The maximum absolute atomic E-state index is 12.8. The molecule has 0 fully saturated rings. The Morgan fingerprint density at radius 1 is 1.26 bits per heavy atom. The number of aromatic carboxylic acids is 1. The number of benzene rings is 1. The topological polar surface area (TPSA) is 62.2 Å². The number of hydrogen-bond donors (Lipinski definition) is 2. The first-order valence-electron chi connectivity index (χ1n) is 5.77. The molecular formula is C14H13FN2O2. The van der Waals surface area contributed by atoms with Crippen molar-refractivity contribution in [2.75, 3.05) is 5.32 Å². The third-order valence-corrected chi connectivity index (χ3v) is 2.74. The molecule has 2 aromatic rings. The first-order valence-corrected chi connectivity index (χ1v) is 5.77. The lowest BCUT2D eigenvalue weighted by atomic mass is 10.1. The number of pyridine rings is 1. The van der Waals surface area contributed by atoms with E-state index in [-0.39, 0.29) is 17.6 Å². The number of nitrogens with one attached hydrogen (secondary N) is 1. The molecule has 1 atom stereocenters. The lowest BCUT2D eigenvalue weighted by Gasteiger charge is -2.15. The van der Waals surface area contributed by atoms with Gasteiger partial charge in [-0.2, -0.15) is 0 Å². The van der Waals surface area contributed by atoms with E-state index in [1.165, 1.54) is 24.4 Å². The van der Waals surface area contributed by atoms with Gasteiger partial charge in [-0.3, -0.25) is 0 Å². The van der Waals surface area contributed by atoms with Gasteiger partial charge >= 0.3 is 5.97 Å². The van der Waals surface area contributed by atoms with Crippen LogP contribution >= 0.6 is 0 Å². The fourth-order valence-corrected chi connectivity index (χ4v) is 1.69. The van der Waals surface area contributed by atoms with Gasteiger partial charge in [0.1, 0.15) is 11.5 Å². The van der Waals surface area contributed by atoms with Gasteiger partial charge in [-0.1, -0.05) is 12.1 Å². The van der Waals surface area contributed by atoms with Crippen molar-refractivity contribution in [3.05, 3.63) is 59.7 Å². The zero-order valence-corrected chi connectivity index (χ0v) is 10.3. The Morgan fingerprint density at radius 2 is 1.95 bits per heavy atom. The quantitative estimate of drug-likeness (QED) is 0.886. The van der Waals surface area contributed by atoms with Crippen LogP contribution in [0.15, 0.2) is 42.6 Å². The minimum atomic E-state index is -1.06. The molecule has 0 spiro atoms. The zero-order valence-electron chi connectivity index (χ0n) is 10.3. The lowest BCUT2D eigenvalue weighted by Crippen LogP contribution is -2.07. The van der Waals surface area contributed by atoms with Crippen LogP contribution in [0.5, 0.6) is 0 Å². The van der Waals surface area contributed by atoms with Crippen LogP contribution in [0.1, 0.15) is 29.0 Å². The molecule has 0 aliphatic carbocycles. The van der Waals surface area contributed by atoms with Crippen LogP contribution in [0.25, 0.3) is 0 Å². The summed E-state index contributed by atoms with van der Waals surface area (Å²) in [5.41, 5.74) is 1.64. The summed E-state index contributed by atoms with van der Waals surface area (Å²) in [6, 6.07) is 9.26. The van der Waals surface area contributed by atoms with Crippen LogP contribution in [0.3, 0.4) is 0 Å². The van der Waals surface area contributed by atoms with Crippen LogP contribution < -0.4 is 5.32 Å². The minimum Gasteiger partial charge on any atom is -0.477 e. The Bertz CT molecular complexity index is 567. The van der Waals surface area contributed by atoms with Crippen molar-refractivity contribution >= 4 is 11.7 Å². The molecule has 19 heavy (non-hydrogen) atoms. The van der Waals surface area contributed by atoms with Crippen LogP contribution in [0, 0.1) is 5.82 Å². The summed E-state index contributed by atoms with van der Waals surface area (Å²) < 4.78 is 12.8. The predicted octanol–water partition coefficient (Wildman–Crippen LogP) is 3.09. The maximum atomic E-state index is 12.8. The van der Waals surface area contributed by atoms with E-state index < -0.39 is 5.97 Å². The Labute approximate surface area is 109 Å². The van der Waals surface area contributed by atoms with Gasteiger partial charge in [0.15, 0.2) is 0 Å². The van der Waals surface area contributed by atoms with Crippen molar-refractivity contribution in [3.8, 4) is 0 Å². The van der Waals surface area contributed by atoms with Gasteiger partial charge < -0.3 is 10.4 Å². The van der Waals surface area contributed by atoms with Gasteiger partial charge in [0.05, 0.1) is 11.9 Å². The van der Waals surface area contributed by atoms with E-state index in [2.05, 4.69) is 10.3 Å². The summed E-state index contributed by atoms with van der Waals surface area (Å²) in [4.78, 5) is 14.5. The molecule has 0 radical (unpaired) electrons. The average Bonchev–Trinajstić information content (AvgIpc) is 2.40. The van der Waals surface area contributed by atoms with Crippen molar-refractivity contribution in [3.63, 3.8) is 0 Å². The summed E-state index contributed by atoms with van der Waals surface area (Å²) in [6.45, 7) is 1.93. The molecule has 1 aromatic carbocycles. The molecule has 1 aromatic heterocycles. The number of carboxylic acid groups (broad SMARTS) is 1. The Balaban J connectivity index is 2.08. The molecule has 0 aliphatic rings. The fourth-order valence-electron chi connectivity index (χ4n) is 1.69. The van der Waals surface area contributed by atoms with E-state index in [0.29, 0.717) is 5.69 Å². The second-order valence-corrected chi connectivity index (χ2v) is 4.15. The third-order valence-electron chi connectivity index (χ3n) is 2.74. The Morgan fingerprint density at radius 3 is 2.47 bits per heavy atom. The van der Waals surface area contributed by atoms with Gasteiger partial charge in [-0.25, -0.2) is 14.2 Å². The number of hydrogen-bond acceptors (Lipinski definition) is 3. The van der Waals surface area contributed by atoms with Crippen LogP contribution in [-0.4, -0.2) is 16.1 Å². The normalized spacial score (nSPS) is 11.9. The lowest BCUT2D eigenvalue weighted by molar-refractivity contribution is 0.0690. The number of rotatable bonds is 4. The molecule has 5 heteroatoms. The summed E-state index contributed by atoms with van der Waals surface area (Å²) in [5, 5.41) is 11.9. The van der Waals surface area contributed by atoms with E-state index in [1.54, 1.807) is 18.2 Å². The summed E-state index contributed by atoms with van der Waals surface area (Å²) in [6.07, 6.45) is 1.46. The summed E-state index contributed by atoms with van der Waals surface area (Å²) >= 11 is 0. The Hall–Kier alpha value is -2.43.